The van der Waals surface area contributed by atoms with Crippen LogP contribution >= 0.6 is 27.7 Å². The lowest BCUT2D eigenvalue weighted by atomic mass is 10.3. The van der Waals surface area contributed by atoms with Crippen LogP contribution in [0, 0.1) is 5.82 Å². The first kappa shape index (κ1) is 12.4. The second-order valence-electron chi connectivity index (χ2n) is 3.69. The summed E-state index contributed by atoms with van der Waals surface area (Å²) in [6.07, 6.45) is 2.98. The molecule has 0 aliphatic rings. The number of aromatic amines is 1. The molecule has 0 saturated heterocycles. The van der Waals surface area contributed by atoms with E-state index in [1.165, 1.54) is 24.2 Å². The van der Waals surface area contributed by atoms with Crippen molar-refractivity contribution in [2.75, 3.05) is 5.73 Å². The Morgan fingerprint density at radius 1 is 1.26 bits per heavy atom. The van der Waals surface area contributed by atoms with E-state index in [1.54, 1.807) is 12.4 Å². The summed E-state index contributed by atoms with van der Waals surface area (Å²) < 4.78 is 13.7. The molecule has 2 heterocycles. The number of rotatable bonds is 2. The highest BCUT2D eigenvalue weighted by Crippen LogP contribution is 2.36. The lowest BCUT2D eigenvalue weighted by Gasteiger charge is -2.06. The van der Waals surface area contributed by atoms with Gasteiger partial charge in [-0.25, -0.2) is 19.3 Å². The van der Waals surface area contributed by atoms with Gasteiger partial charge in [-0.05, 0) is 28.1 Å². The smallest absolute Gasteiger partial charge is 0.181 e. The maximum Gasteiger partial charge on any atom is 0.181 e. The van der Waals surface area contributed by atoms with Gasteiger partial charge in [-0.1, -0.05) is 11.8 Å². The predicted octanol–water partition coefficient (Wildman–Crippen LogP) is 2.99. The number of anilines is 1. The van der Waals surface area contributed by atoms with E-state index < -0.39 is 5.82 Å². The molecule has 3 aromatic rings. The van der Waals surface area contributed by atoms with Gasteiger partial charge in [0.15, 0.2) is 5.65 Å². The van der Waals surface area contributed by atoms with Crippen molar-refractivity contribution < 1.29 is 4.39 Å². The van der Waals surface area contributed by atoms with E-state index in [1.807, 2.05) is 0 Å². The molecule has 0 saturated carbocycles. The van der Waals surface area contributed by atoms with E-state index in [2.05, 4.69) is 35.9 Å². The molecule has 0 unspecified atom stereocenters. The summed E-state index contributed by atoms with van der Waals surface area (Å²) in [5.74, 6) is -0.392. The number of nitrogens with one attached hydrogen (secondary N) is 1. The Morgan fingerprint density at radius 3 is 2.95 bits per heavy atom. The summed E-state index contributed by atoms with van der Waals surface area (Å²) in [5.41, 5.74) is 7.47. The number of aromatic nitrogens is 4. The lowest BCUT2D eigenvalue weighted by Crippen LogP contribution is -1.92. The van der Waals surface area contributed by atoms with Crippen LogP contribution in [-0.2, 0) is 0 Å². The third-order valence-corrected chi connectivity index (χ3v) is 4.13. The number of benzene rings is 1. The maximum absolute atomic E-state index is 13.3. The van der Waals surface area contributed by atoms with Gasteiger partial charge >= 0.3 is 0 Å². The fourth-order valence-corrected chi connectivity index (χ4v) is 2.97. The van der Waals surface area contributed by atoms with Gasteiger partial charge < -0.3 is 10.7 Å². The summed E-state index contributed by atoms with van der Waals surface area (Å²) in [7, 11) is 0. The van der Waals surface area contributed by atoms with E-state index >= 15 is 0 Å². The second kappa shape index (κ2) is 4.78. The van der Waals surface area contributed by atoms with E-state index in [-0.39, 0.29) is 0 Å². The molecule has 0 fully saturated rings. The van der Waals surface area contributed by atoms with Crippen LogP contribution in [0.15, 0.2) is 39.2 Å². The van der Waals surface area contributed by atoms with Gasteiger partial charge in [0.2, 0.25) is 0 Å². The van der Waals surface area contributed by atoms with Gasteiger partial charge in [0.25, 0.3) is 0 Å². The van der Waals surface area contributed by atoms with E-state index in [4.69, 9.17) is 5.73 Å². The fraction of sp³-hybridized carbons (Fsp3) is 0. The topological polar surface area (TPSA) is 80.5 Å². The average molecular weight is 340 g/mol. The minimum atomic E-state index is -0.392. The number of hydrogen-bond donors (Lipinski definition) is 2. The molecule has 19 heavy (non-hydrogen) atoms. The number of nitrogen functional groups attached to an aromatic ring is 1. The van der Waals surface area contributed by atoms with Gasteiger partial charge in [0, 0.05) is 10.6 Å². The second-order valence-corrected chi connectivity index (χ2v) is 5.57. The highest BCUT2D eigenvalue weighted by Gasteiger charge is 2.12. The molecular formula is C11H7BrFN5S. The SMILES string of the molecule is Nc1cc(F)c(Br)cc1Sc1ncnc2nc[nH]c12. The Kier molecular flexibility index (Phi) is 3.11. The predicted molar refractivity (Wildman–Crippen MR) is 74.3 cm³/mol. The number of imidazole rings is 1. The van der Waals surface area contributed by atoms with Crippen LogP contribution in [0.5, 0.6) is 0 Å². The third kappa shape index (κ3) is 2.28. The molecule has 0 bridgehead atoms. The zero-order chi connectivity index (χ0) is 13.4. The van der Waals surface area contributed by atoms with Crippen molar-refractivity contribution >= 4 is 44.5 Å². The molecule has 0 amide bonds. The molecule has 0 atom stereocenters. The average Bonchev–Trinajstić information content (AvgIpc) is 2.85. The molecule has 0 aliphatic heterocycles. The molecule has 0 aliphatic carbocycles. The Bertz CT molecular complexity index is 760. The first-order valence-electron chi connectivity index (χ1n) is 5.21. The van der Waals surface area contributed by atoms with Crippen molar-refractivity contribution in [3.63, 3.8) is 0 Å². The zero-order valence-electron chi connectivity index (χ0n) is 9.39. The van der Waals surface area contributed by atoms with Crippen LogP contribution in [0.25, 0.3) is 11.2 Å². The highest BCUT2D eigenvalue weighted by atomic mass is 79.9. The summed E-state index contributed by atoms with van der Waals surface area (Å²) in [6.45, 7) is 0. The minimum absolute atomic E-state index is 0.358. The number of nitrogens with zero attached hydrogens (tertiary/aromatic N) is 3. The molecular weight excluding hydrogens is 333 g/mol. The van der Waals surface area contributed by atoms with Crippen LogP contribution in [0.2, 0.25) is 0 Å². The molecule has 96 valence electrons. The van der Waals surface area contributed by atoms with Gasteiger partial charge in [0.1, 0.15) is 22.7 Å². The van der Waals surface area contributed by atoms with Crippen molar-refractivity contribution in [3.05, 3.63) is 35.1 Å². The fourth-order valence-electron chi connectivity index (χ4n) is 1.56. The quantitative estimate of drug-likeness (QED) is 0.554. The standard InChI is InChI=1S/C11H7BrFN5S/c12-5-1-8(7(14)2-6(5)13)19-11-9-10(16-3-15-9)17-4-18-11/h1-4H,14H2,(H,15,16,17,18). The minimum Gasteiger partial charge on any atom is -0.398 e. The van der Waals surface area contributed by atoms with Crippen LogP contribution in [0.4, 0.5) is 10.1 Å². The van der Waals surface area contributed by atoms with Gasteiger partial charge in [-0.2, -0.15) is 0 Å². The molecule has 1 aromatic carbocycles. The third-order valence-electron chi connectivity index (χ3n) is 2.45. The van der Waals surface area contributed by atoms with Crippen LogP contribution in [0.1, 0.15) is 0 Å². The van der Waals surface area contributed by atoms with Gasteiger partial charge in [-0.3, -0.25) is 0 Å². The largest absolute Gasteiger partial charge is 0.398 e. The van der Waals surface area contributed by atoms with Crippen LogP contribution < -0.4 is 5.73 Å². The zero-order valence-corrected chi connectivity index (χ0v) is 11.8. The van der Waals surface area contributed by atoms with E-state index in [9.17, 15) is 4.39 Å². The summed E-state index contributed by atoms with van der Waals surface area (Å²) in [5, 5.41) is 0.688. The van der Waals surface area contributed by atoms with Crippen molar-refractivity contribution in [2.24, 2.45) is 0 Å². The highest BCUT2D eigenvalue weighted by molar-refractivity contribution is 9.10. The Morgan fingerprint density at radius 2 is 2.11 bits per heavy atom. The van der Waals surface area contributed by atoms with E-state index in [0.29, 0.717) is 25.7 Å². The molecule has 3 rings (SSSR count). The first-order chi connectivity index (χ1) is 9.15. The lowest BCUT2D eigenvalue weighted by molar-refractivity contribution is 0.620. The molecule has 0 radical (unpaired) electrons. The van der Waals surface area contributed by atoms with Crippen molar-refractivity contribution in [1.82, 2.24) is 19.9 Å². The number of hydrogen-bond acceptors (Lipinski definition) is 5. The van der Waals surface area contributed by atoms with Crippen molar-refractivity contribution in [2.45, 2.75) is 9.92 Å². The Balaban J connectivity index is 2.06. The molecule has 3 N–H and O–H groups in total. The van der Waals surface area contributed by atoms with Crippen molar-refractivity contribution in [3.8, 4) is 0 Å². The molecule has 5 nitrogen and oxygen atoms in total. The Labute approximate surface area is 120 Å². The normalized spacial score (nSPS) is 11.1. The summed E-state index contributed by atoms with van der Waals surface area (Å²) in [4.78, 5) is 15.9. The molecule has 0 spiro atoms. The number of fused-ring (bicyclic) bond motifs is 1. The van der Waals surface area contributed by atoms with Gasteiger partial charge in [-0.15, -0.1) is 0 Å². The number of nitrogens with two attached hydrogens (primary N) is 1. The number of halogens is 2. The van der Waals surface area contributed by atoms with E-state index in [0.717, 1.165) is 5.52 Å². The van der Waals surface area contributed by atoms with Crippen LogP contribution in [0.3, 0.4) is 0 Å². The van der Waals surface area contributed by atoms with Gasteiger partial charge in [0.05, 0.1) is 10.8 Å². The maximum atomic E-state index is 13.3. The van der Waals surface area contributed by atoms with Crippen molar-refractivity contribution in [1.29, 1.82) is 0 Å². The number of H-pyrrole nitrogens is 1. The monoisotopic (exact) mass is 339 g/mol. The van der Waals surface area contributed by atoms with Crippen LogP contribution in [-0.4, -0.2) is 19.9 Å². The summed E-state index contributed by atoms with van der Waals surface area (Å²) in [6, 6.07) is 2.90. The Hall–Kier alpha value is -1.67. The first-order valence-corrected chi connectivity index (χ1v) is 6.82. The molecule has 8 heteroatoms. The summed E-state index contributed by atoms with van der Waals surface area (Å²) >= 11 is 4.47. The molecule has 2 aromatic heterocycles.